The number of nitrogens with one attached hydrogen (secondary N) is 1. The van der Waals surface area contributed by atoms with E-state index < -0.39 is 11.0 Å². The second-order valence-corrected chi connectivity index (χ2v) is 8.61. The molecule has 1 aromatic heterocycles. The van der Waals surface area contributed by atoms with Crippen molar-refractivity contribution in [2.24, 2.45) is 0 Å². The molecule has 0 aliphatic heterocycles. The molecule has 4 rings (SSSR count). The Morgan fingerprint density at radius 3 is 2.66 bits per heavy atom. The smallest absolute Gasteiger partial charge is 0.269 e. The standard InChI is InChI=1S/C26H23ClN4O4/c1-30(15-17-7-3-2-4-8-17)16-23(32)29-24(18-9-5-10-19(13-18)31(34)35)21-14-22(27)20-11-6-12-28-25(20)26(21)33/h2-14,24,33H,15-16H2,1H3,(H,29,32). The van der Waals surface area contributed by atoms with E-state index in [-0.39, 0.29) is 29.4 Å². The van der Waals surface area contributed by atoms with E-state index in [4.69, 9.17) is 11.6 Å². The Balaban J connectivity index is 1.68. The maximum absolute atomic E-state index is 13.1. The third kappa shape index (κ3) is 5.56. The molecule has 178 valence electrons. The molecule has 1 amide bonds. The van der Waals surface area contributed by atoms with Crippen molar-refractivity contribution in [3.05, 3.63) is 111 Å². The second-order valence-electron chi connectivity index (χ2n) is 8.21. The summed E-state index contributed by atoms with van der Waals surface area (Å²) in [4.78, 5) is 30.0. The van der Waals surface area contributed by atoms with Crippen LogP contribution < -0.4 is 5.32 Å². The summed E-state index contributed by atoms with van der Waals surface area (Å²) in [6, 6.07) is 19.8. The Bertz CT molecular complexity index is 1380. The van der Waals surface area contributed by atoms with Crippen LogP contribution in [-0.2, 0) is 11.3 Å². The molecule has 4 aromatic rings. The van der Waals surface area contributed by atoms with Gasteiger partial charge in [0.15, 0.2) is 0 Å². The average molecular weight is 491 g/mol. The zero-order chi connectivity index (χ0) is 24.9. The molecule has 9 heteroatoms. The number of benzene rings is 3. The largest absolute Gasteiger partial charge is 0.505 e. The first-order chi connectivity index (χ1) is 16.8. The molecule has 35 heavy (non-hydrogen) atoms. The minimum atomic E-state index is -0.892. The maximum Gasteiger partial charge on any atom is 0.269 e. The van der Waals surface area contributed by atoms with Gasteiger partial charge in [0, 0.05) is 35.8 Å². The lowest BCUT2D eigenvalue weighted by atomic mass is 9.95. The minimum Gasteiger partial charge on any atom is -0.505 e. The van der Waals surface area contributed by atoms with E-state index >= 15 is 0 Å². The lowest BCUT2D eigenvalue weighted by Gasteiger charge is -2.23. The van der Waals surface area contributed by atoms with Crippen LogP contribution in [0.3, 0.4) is 0 Å². The summed E-state index contributed by atoms with van der Waals surface area (Å²) >= 11 is 6.48. The Kier molecular flexibility index (Phi) is 7.24. The molecule has 0 aliphatic rings. The number of halogens is 1. The molecule has 8 nitrogen and oxygen atoms in total. The summed E-state index contributed by atoms with van der Waals surface area (Å²) in [5, 5.41) is 26.3. The highest BCUT2D eigenvalue weighted by molar-refractivity contribution is 6.35. The van der Waals surface area contributed by atoms with E-state index in [1.54, 1.807) is 24.3 Å². The van der Waals surface area contributed by atoms with Gasteiger partial charge in [0.05, 0.1) is 22.5 Å². The van der Waals surface area contributed by atoms with Crippen LogP contribution in [0.2, 0.25) is 5.02 Å². The molecule has 0 fully saturated rings. The number of nitrogens with zero attached hydrogens (tertiary/aromatic N) is 3. The van der Waals surface area contributed by atoms with Crippen LogP contribution in [-0.4, -0.2) is 39.4 Å². The van der Waals surface area contributed by atoms with E-state index in [1.807, 2.05) is 42.3 Å². The van der Waals surface area contributed by atoms with Crippen LogP contribution in [0.1, 0.15) is 22.7 Å². The third-order valence-electron chi connectivity index (χ3n) is 5.58. The first-order valence-corrected chi connectivity index (χ1v) is 11.2. The van der Waals surface area contributed by atoms with Crippen molar-refractivity contribution in [1.82, 2.24) is 15.2 Å². The summed E-state index contributed by atoms with van der Waals surface area (Å²) < 4.78 is 0. The number of aromatic nitrogens is 1. The number of nitro groups is 1. The fraction of sp³-hybridized carbons (Fsp3) is 0.154. The number of carbonyl (C=O) groups is 1. The van der Waals surface area contributed by atoms with Crippen molar-refractivity contribution in [3.8, 4) is 5.75 Å². The van der Waals surface area contributed by atoms with Crippen LogP contribution in [0.4, 0.5) is 5.69 Å². The van der Waals surface area contributed by atoms with Crippen molar-refractivity contribution in [1.29, 1.82) is 0 Å². The molecule has 2 N–H and O–H groups in total. The van der Waals surface area contributed by atoms with E-state index in [0.29, 0.717) is 28.1 Å². The number of nitro benzene ring substituents is 1. The summed E-state index contributed by atoms with van der Waals surface area (Å²) in [5.41, 5.74) is 1.93. The van der Waals surface area contributed by atoms with Gasteiger partial charge in [-0.05, 0) is 36.4 Å². The van der Waals surface area contributed by atoms with E-state index in [9.17, 15) is 20.0 Å². The van der Waals surface area contributed by atoms with Gasteiger partial charge < -0.3 is 10.4 Å². The highest BCUT2D eigenvalue weighted by Gasteiger charge is 2.25. The number of pyridine rings is 1. The van der Waals surface area contributed by atoms with Gasteiger partial charge in [0.25, 0.3) is 5.69 Å². The van der Waals surface area contributed by atoms with Crippen LogP contribution in [0.25, 0.3) is 10.9 Å². The number of phenols is 1. The molecular weight excluding hydrogens is 468 g/mol. The molecule has 1 atom stereocenters. The Morgan fingerprint density at radius 1 is 1.14 bits per heavy atom. The number of carbonyl (C=O) groups excluding carboxylic acids is 1. The van der Waals surface area contributed by atoms with Gasteiger partial charge in [0.2, 0.25) is 5.91 Å². The highest BCUT2D eigenvalue weighted by Crippen LogP contribution is 2.38. The fourth-order valence-electron chi connectivity index (χ4n) is 3.99. The minimum absolute atomic E-state index is 0.0701. The van der Waals surface area contributed by atoms with Crippen molar-refractivity contribution in [2.75, 3.05) is 13.6 Å². The van der Waals surface area contributed by atoms with Gasteiger partial charge in [-0.15, -0.1) is 0 Å². The highest BCUT2D eigenvalue weighted by atomic mass is 35.5. The number of rotatable bonds is 8. The van der Waals surface area contributed by atoms with Gasteiger partial charge in [-0.2, -0.15) is 0 Å². The maximum atomic E-state index is 13.1. The quantitative estimate of drug-likeness (QED) is 0.270. The molecule has 0 radical (unpaired) electrons. The summed E-state index contributed by atoms with van der Waals surface area (Å²) in [5.74, 6) is -0.476. The first kappa shape index (κ1) is 24.1. The predicted molar refractivity (Wildman–Crippen MR) is 134 cm³/mol. The molecular formula is C26H23ClN4O4. The predicted octanol–water partition coefficient (Wildman–Crippen LogP) is 4.84. The summed E-state index contributed by atoms with van der Waals surface area (Å²) in [7, 11) is 1.82. The number of amides is 1. The number of hydrogen-bond acceptors (Lipinski definition) is 6. The average Bonchev–Trinajstić information content (AvgIpc) is 2.85. The molecule has 0 aliphatic carbocycles. The molecule has 1 heterocycles. The lowest BCUT2D eigenvalue weighted by Crippen LogP contribution is -2.37. The molecule has 0 spiro atoms. The summed E-state index contributed by atoms with van der Waals surface area (Å²) in [6.07, 6.45) is 1.53. The van der Waals surface area contributed by atoms with Crippen molar-refractivity contribution in [3.63, 3.8) is 0 Å². The Morgan fingerprint density at radius 2 is 1.91 bits per heavy atom. The van der Waals surface area contributed by atoms with Gasteiger partial charge in [-0.3, -0.25) is 24.8 Å². The Hall–Kier alpha value is -4.01. The molecule has 0 saturated heterocycles. The van der Waals surface area contributed by atoms with E-state index in [1.165, 1.54) is 24.4 Å². The van der Waals surface area contributed by atoms with Gasteiger partial charge in [-0.1, -0.05) is 54.1 Å². The fourth-order valence-corrected chi connectivity index (χ4v) is 4.26. The van der Waals surface area contributed by atoms with Crippen molar-refractivity contribution in [2.45, 2.75) is 12.6 Å². The number of phenolic OH excluding ortho intramolecular Hbond substituents is 1. The van der Waals surface area contributed by atoms with Crippen molar-refractivity contribution >= 4 is 34.1 Å². The molecule has 1 unspecified atom stereocenters. The SMILES string of the molecule is CN(CC(=O)NC(c1cccc([N+](=O)[O-])c1)c1cc(Cl)c2cccnc2c1O)Cc1ccccc1. The Labute approximate surface area is 206 Å². The topological polar surface area (TPSA) is 109 Å². The van der Waals surface area contributed by atoms with Crippen LogP contribution in [0.5, 0.6) is 5.75 Å². The summed E-state index contributed by atoms with van der Waals surface area (Å²) in [6.45, 7) is 0.632. The van der Waals surface area contributed by atoms with Crippen LogP contribution in [0.15, 0.2) is 79.0 Å². The number of likely N-dealkylation sites (N-methyl/N-ethyl adjacent to an activating group) is 1. The number of aromatic hydroxyl groups is 1. The molecule has 3 aromatic carbocycles. The van der Waals surface area contributed by atoms with Gasteiger partial charge in [-0.25, -0.2) is 0 Å². The van der Waals surface area contributed by atoms with Gasteiger partial charge >= 0.3 is 0 Å². The zero-order valence-corrected chi connectivity index (χ0v) is 19.6. The van der Waals surface area contributed by atoms with Crippen LogP contribution in [0, 0.1) is 10.1 Å². The van der Waals surface area contributed by atoms with E-state index in [0.717, 1.165) is 5.56 Å². The molecule has 0 bridgehead atoms. The zero-order valence-electron chi connectivity index (χ0n) is 18.9. The van der Waals surface area contributed by atoms with Crippen molar-refractivity contribution < 1.29 is 14.8 Å². The monoisotopic (exact) mass is 490 g/mol. The van der Waals surface area contributed by atoms with Gasteiger partial charge in [0.1, 0.15) is 11.3 Å². The normalized spacial score (nSPS) is 12.0. The van der Waals surface area contributed by atoms with Crippen LogP contribution >= 0.6 is 11.6 Å². The number of non-ortho nitro benzene ring substituents is 1. The third-order valence-corrected chi connectivity index (χ3v) is 5.90. The second kappa shape index (κ2) is 10.5. The number of fused-ring (bicyclic) bond motifs is 1. The first-order valence-electron chi connectivity index (χ1n) is 10.9. The number of hydrogen-bond donors (Lipinski definition) is 2. The molecule has 0 saturated carbocycles. The lowest BCUT2D eigenvalue weighted by molar-refractivity contribution is -0.384. The van der Waals surface area contributed by atoms with E-state index in [2.05, 4.69) is 10.3 Å².